The van der Waals surface area contributed by atoms with Gasteiger partial charge < -0.3 is 5.11 Å². The molecule has 0 aliphatic heterocycles. The van der Waals surface area contributed by atoms with Gasteiger partial charge in [0.05, 0.1) is 5.60 Å². The van der Waals surface area contributed by atoms with E-state index in [0.717, 1.165) is 6.42 Å². The molecule has 1 N–H and O–H groups in total. The first-order valence-corrected chi connectivity index (χ1v) is 6.14. The molecule has 0 spiro atoms. The van der Waals surface area contributed by atoms with Gasteiger partial charge in [-0.15, -0.1) is 0 Å². The number of hydrogen-bond acceptors (Lipinski definition) is 1. The summed E-state index contributed by atoms with van der Waals surface area (Å²) < 4.78 is 0. The van der Waals surface area contributed by atoms with Crippen LogP contribution in [0.2, 0.25) is 0 Å². The van der Waals surface area contributed by atoms with Crippen molar-refractivity contribution in [1.82, 2.24) is 0 Å². The highest BCUT2D eigenvalue weighted by atomic mass is 16.3. The van der Waals surface area contributed by atoms with Crippen LogP contribution in [-0.2, 0) is 5.60 Å². The van der Waals surface area contributed by atoms with Crippen LogP contribution in [0.5, 0.6) is 0 Å². The maximum Gasteiger partial charge on any atom is 0.0967 e. The Hall–Kier alpha value is -0.820. The lowest BCUT2D eigenvalue weighted by molar-refractivity contribution is -0.0382. The van der Waals surface area contributed by atoms with Crippen LogP contribution in [0.4, 0.5) is 0 Å². The molecule has 0 saturated heterocycles. The molecule has 2 atom stereocenters. The van der Waals surface area contributed by atoms with Gasteiger partial charge in [-0.05, 0) is 24.0 Å². The normalized spacial score (nSPS) is 34.3. The Balaban J connectivity index is 1.99. The number of benzene rings is 1. The van der Waals surface area contributed by atoms with Crippen LogP contribution < -0.4 is 0 Å². The van der Waals surface area contributed by atoms with E-state index in [1.807, 2.05) is 6.07 Å². The molecule has 0 radical (unpaired) electrons. The predicted octanol–water partition coefficient (Wildman–Crippen LogP) is 3.33. The lowest BCUT2D eigenvalue weighted by Crippen LogP contribution is -2.44. The third kappa shape index (κ3) is 1.26. The van der Waals surface area contributed by atoms with Crippen molar-refractivity contribution in [2.45, 2.75) is 50.0 Å². The molecule has 1 saturated carbocycles. The van der Waals surface area contributed by atoms with E-state index < -0.39 is 5.60 Å². The highest BCUT2D eigenvalue weighted by Crippen LogP contribution is 2.55. The molecule has 0 heterocycles. The first kappa shape index (κ1) is 9.41. The molecule has 15 heavy (non-hydrogen) atoms. The van der Waals surface area contributed by atoms with Crippen molar-refractivity contribution in [3.8, 4) is 0 Å². The number of rotatable bonds is 0. The van der Waals surface area contributed by atoms with Gasteiger partial charge in [-0.25, -0.2) is 0 Å². The zero-order valence-electron chi connectivity index (χ0n) is 9.08. The summed E-state index contributed by atoms with van der Waals surface area (Å²) in [7, 11) is 0. The molecule has 1 aromatic carbocycles. The Morgan fingerprint density at radius 3 is 2.80 bits per heavy atom. The first-order chi connectivity index (χ1) is 7.32. The average Bonchev–Trinajstić information content (AvgIpc) is 2.25. The first-order valence-electron chi connectivity index (χ1n) is 6.14. The van der Waals surface area contributed by atoms with Gasteiger partial charge in [-0.3, -0.25) is 0 Å². The molecule has 0 aromatic heterocycles. The molecule has 2 aliphatic carbocycles. The predicted molar refractivity (Wildman–Crippen MR) is 60.8 cm³/mol. The molecule has 0 bridgehead atoms. The van der Waals surface area contributed by atoms with Crippen LogP contribution in [0.1, 0.15) is 55.6 Å². The van der Waals surface area contributed by atoms with Crippen molar-refractivity contribution in [2.24, 2.45) is 0 Å². The second kappa shape index (κ2) is 3.34. The van der Waals surface area contributed by atoms with E-state index in [4.69, 9.17) is 0 Å². The second-order valence-electron chi connectivity index (χ2n) is 5.02. The zero-order valence-corrected chi connectivity index (χ0v) is 9.08. The van der Waals surface area contributed by atoms with Crippen molar-refractivity contribution in [1.29, 1.82) is 0 Å². The Kier molecular flexibility index (Phi) is 2.10. The smallest absolute Gasteiger partial charge is 0.0967 e. The molecule has 0 amide bonds. The highest BCUT2D eigenvalue weighted by Gasteiger charge is 2.49. The molecule has 1 heteroatoms. The molecule has 1 aromatic rings. The summed E-state index contributed by atoms with van der Waals surface area (Å²) in [6, 6.07) is 8.44. The Morgan fingerprint density at radius 1 is 1.07 bits per heavy atom. The van der Waals surface area contributed by atoms with E-state index in [1.165, 1.54) is 43.2 Å². The minimum atomic E-state index is -0.475. The molecular weight excluding hydrogens is 184 g/mol. The van der Waals surface area contributed by atoms with Gasteiger partial charge in [0, 0.05) is 5.92 Å². The van der Waals surface area contributed by atoms with Crippen LogP contribution >= 0.6 is 0 Å². The number of fused-ring (bicyclic) bond motifs is 4. The molecule has 2 unspecified atom stereocenters. The van der Waals surface area contributed by atoms with E-state index in [2.05, 4.69) is 18.2 Å². The van der Waals surface area contributed by atoms with Gasteiger partial charge in [0.1, 0.15) is 0 Å². The fourth-order valence-electron chi connectivity index (χ4n) is 3.36. The minimum absolute atomic E-state index is 0.425. The molecule has 1 nitrogen and oxygen atoms in total. The Bertz CT molecular complexity index is 371. The summed E-state index contributed by atoms with van der Waals surface area (Å²) in [4.78, 5) is 0. The lowest BCUT2D eigenvalue weighted by atomic mass is 9.60. The van der Waals surface area contributed by atoms with Crippen LogP contribution in [0.25, 0.3) is 0 Å². The monoisotopic (exact) mass is 202 g/mol. The standard InChI is InChI=1S/C14H18O/c15-14-10-6-2-1-3-8-12(14)11-7-4-5-9-13(11)14/h4-5,7,9,12,15H,1-3,6,8,10H2. The summed E-state index contributed by atoms with van der Waals surface area (Å²) in [5.74, 6) is 0.425. The van der Waals surface area contributed by atoms with Gasteiger partial charge in [0.25, 0.3) is 0 Å². The highest BCUT2D eigenvalue weighted by molar-refractivity contribution is 5.47. The Morgan fingerprint density at radius 2 is 1.87 bits per heavy atom. The Labute approximate surface area is 91.1 Å². The summed E-state index contributed by atoms with van der Waals surface area (Å²) in [6.45, 7) is 0. The van der Waals surface area contributed by atoms with Gasteiger partial charge in [0.2, 0.25) is 0 Å². The lowest BCUT2D eigenvalue weighted by Gasteiger charge is -2.49. The van der Waals surface area contributed by atoms with Crippen molar-refractivity contribution in [3.05, 3.63) is 35.4 Å². The van der Waals surface area contributed by atoms with Gasteiger partial charge in [-0.1, -0.05) is 49.9 Å². The van der Waals surface area contributed by atoms with Crippen molar-refractivity contribution in [2.75, 3.05) is 0 Å². The van der Waals surface area contributed by atoms with Crippen LogP contribution in [0, 0.1) is 0 Å². The summed E-state index contributed by atoms with van der Waals surface area (Å²) >= 11 is 0. The molecule has 2 aliphatic rings. The third-order valence-electron chi connectivity index (χ3n) is 4.18. The van der Waals surface area contributed by atoms with Gasteiger partial charge in [-0.2, -0.15) is 0 Å². The maximum atomic E-state index is 10.7. The summed E-state index contributed by atoms with van der Waals surface area (Å²) in [5, 5.41) is 10.7. The second-order valence-corrected chi connectivity index (χ2v) is 5.02. The summed E-state index contributed by atoms with van der Waals surface area (Å²) in [5.41, 5.74) is 2.13. The molecule has 80 valence electrons. The largest absolute Gasteiger partial charge is 0.385 e. The topological polar surface area (TPSA) is 20.2 Å². The fourth-order valence-corrected chi connectivity index (χ4v) is 3.36. The average molecular weight is 202 g/mol. The van der Waals surface area contributed by atoms with Crippen molar-refractivity contribution in [3.63, 3.8) is 0 Å². The van der Waals surface area contributed by atoms with E-state index >= 15 is 0 Å². The quantitative estimate of drug-likeness (QED) is 0.684. The van der Waals surface area contributed by atoms with Gasteiger partial charge >= 0.3 is 0 Å². The summed E-state index contributed by atoms with van der Waals surface area (Å²) in [6.07, 6.45) is 7.23. The molecule has 3 rings (SSSR count). The number of hydrogen-bond donors (Lipinski definition) is 1. The minimum Gasteiger partial charge on any atom is -0.385 e. The van der Waals surface area contributed by atoms with Crippen molar-refractivity contribution < 1.29 is 5.11 Å². The van der Waals surface area contributed by atoms with E-state index in [0.29, 0.717) is 5.92 Å². The van der Waals surface area contributed by atoms with E-state index in [-0.39, 0.29) is 0 Å². The van der Waals surface area contributed by atoms with Crippen LogP contribution in [0.15, 0.2) is 24.3 Å². The van der Waals surface area contributed by atoms with Crippen LogP contribution in [-0.4, -0.2) is 5.11 Å². The molecular formula is C14H18O. The van der Waals surface area contributed by atoms with E-state index in [1.54, 1.807) is 0 Å². The zero-order chi connectivity index (χ0) is 10.3. The molecule has 1 fully saturated rings. The van der Waals surface area contributed by atoms with Crippen LogP contribution in [0.3, 0.4) is 0 Å². The number of aliphatic hydroxyl groups is 1. The third-order valence-corrected chi connectivity index (χ3v) is 4.18. The fraction of sp³-hybridized carbons (Fsp3) is 0.571. The maximum absolute atomic E-state index is 10.7. The van der Waals surface area contributed by atoms with Gasteiger partial charge in [0.15, 0.2) is 0 Å². The van der Waals surface area contributed by atoms with Crippen molar-refractivity contribution >= 4 is 0 Å². The van der Waals surface area contributed by atoms with E-state index in [9.17, 15) is 5.11 Å². The SMILES string of the molecule is OC12CCCCCCC1c1ccccc12.